The maximum atomic E-state index is 13.6. The number of piperidine rings is 1. The highest BCUT2D eigenvalue weighted by molar-refractivity contribution is 6.08. The van der Waals surface area contributed by atoms with Crippen molar-refractivity contribution in [2.45, 2.75) is 51.5 Å². The average molecular weight is 381 g/mol. The maximum Gasteiger partial charge on any atom is 0.255 e. The largest absolute Gasteiger partial charge is 0.341 e. The average Bonchev–Trinajstić information content (AvgIpc) is 3.09. The molecular formula is C22H27N3O3. The van der Waals surface area contributed by atoms with Crippen LogP contribution in [0.4, 0.5) is 0 Å². The van der Waals surface area contributed by atoms with Crippen LogP contribution in [-0.2, 0) is 4.79 Å². The molecular weight excluding hydrogens is 354 g/mol. The summed E-state index contributed by atoms with van der Waals surface area (Å²) in [4.78, 5) is 45.6. The van der Waals surface area contributed by atoms with Crippen molar-refractivity contribution in [2.75, 3.05) is 19.6 Å². The van der Waals surface area contributed by atoms with Gasteiger partial charge in [-0.2, -0.15) is 0 Å². The van der Waals surface area contributed by atoms with E-state index in [1.165, 1.54) is 6.07 Å². The number of H-pyrrole nitrogens is 1. The molecule has 1 aromatic carbocycles. The van der Waals surface area contributed by atoms with Crippen LogP contribution >= 0.6 is 0 Å². The van der Waals surface area contributed by atoms with E-state index in [1.807, 2.05) is 30.0 Å². The highest BCUT2D eigenvalue weighted by atomic mass is 16.2. The van der Waals surface area contributed by atoms with Gasteiger partial charge in [0.15, 0.2) is 0 Å². The fraction of sp³-hybridized carbons (Fsp3) is 0.500. The van der Waals surface area contributed by atoms with Crippen LogP contribution in [0.5, 0.6) is 0 Å². The molecule has 6 nitrogen and oxygen atoms in total. The Morgan fingerprint density at radius 1 is 1.14 bits per heavy atom. The smallest absolute Gasteiger partial charge is 0.255 e. The van der Waals surface area contributed by atoms with E-state index in [0.717, 1.165) is 43.3 Å². The normalized spacial score (nSPS) is 22.4. The van der Waals surface area contributed by atoms with Gasteiger partial charge < -0.3 is 14.8 Å². The van der Waals surface area contributed by atoms with Crippen LogP contribution in [0.15, 0.2) is 29.1 Å². The zero-order chi connectivity index (χ0) is 19.9. The molecule has 2 saturated heterocycles. The van der Waals surface area contributed by atoms with E-state index in [-0.39, 0.29) is 17.4 Å². The van der Waals surface area contributed by atoms with Gasteiger partial charge in [-0.05, 0) is 51.2 Å². The number of likely N-dealkylation sites (tertiary alicyclic amines) is 2. The van der Waals surface area contributed by atoms with Gasteiger partial charge in [-0.15, -0.1) is 0 Å². The number of amides is 2. The van der Waals surface area contributed by atoms with Crippen molar-refractivity contribution in [2.24, 2.45) is 0 Å². The fourth-order valence-corrected chi connectivity index (χ4v) is 4.90. The highest BCUT2D eigenvalue weighted by Gasteiger charge is 2.52. The number of benzene rings is 1. The molecule has 2 aromatic rings. The SMILES string of the molecule is CCCN1CCCC2(CCCN2C(=O)c2cc(=O)[nH]c3ccc(C)cc23)C1=O. The van der Waals surface area contributed by atoms with Crippen LogP contribution in [0, 0.1) is 6.92 Å². The van der Waals surface area contributed by atoms with Gasteiger partial charge in [-0.1, -0.05) is 18.6 Å². The number of carbonyl (C=O) groups is 2. The van der Waals surface area contributed by atoms with Crippen LogP contribution in [0.2, 0.25) is 0 Å². The second kappa shape index (κ2) is 7.08. The molecule has 28 heavy (non-hydrogen) atoms. The highest BCUT2D eigenvalue weighted by Crippen LogP contribution is 2.39. The molecule has 0 aliphatic carbocycles. The summed E-state index contributed by atoms with van der Waals surface area (Å²) >= 11 is 0. The minimum absolute atomic E-state index is 0.0803. The minimum atomic E-state index is -0.747. The lowest BCUT2D eigenvalue weighted by molar-refractivity contribution is -0.145. The number of fused-ring (bicyclic) bond motifs is 1. The first-order chi connectivity index (χ1) is 13.5. The third-order valence-electron chi connectivity index (χ3n) is 6.16. The molecule has 2 fully saturated rings. The van der Waals surface area contributed by atoms with E-state index in [2.05, 4.69) is 11.9 Å². The van der Waals surface area contributed by atoms with Gasteiger partial charge >= 0.3 is 0 Å². The molecule has 3 heterocycles. The van der Waals surface area contributed by atoms with Crippen molar-refractivity contribution in [1.82, 2.24) is 14.8 Å². The lowest BCUT2D eigenvalue weighted by Crippen LogP contribution is -2.61. The Hall–Kier alpha value is -2.63. The van der Waals surface area contributed by atoms with E-state index >= 15 is 0 Å². The number of carbonyl (C=O) groups excluding carboxylic acids is 2. The van der Waals surface area contributed by atoms with Gasteiger partial charge in [-0.3, -0.25) is 14.4 Å². The molecule has 2 amide bonds. The Morgan fingerprint density at radius 2 is 1.89 bits per heavy atom. The zero-order valence-corrected chi connectivity index (χ0v) is 16.6. The van der Waals surface area contributed by atoms with Crippen LogP contribution in [0.1, 0.15) is 54.9 Å². The van der Waals surface area contributed by atoms with Gasteiger partial charge in [-0.25, -0.2) is 0 Å². The minimum Gasteiger partial charge on any atom is -0.341 e. The molecule has 1 N–H and O–H groups in total. The third-order valence-corrected chi connectivity index (χ3v) is 6.16. The zero-order valence-electron chi connectivity index (χ0n) is 16.6. The van der Waals surface area contributed by atoms with Gasteiger partial charge in [0.1, 0.15) is 5.54 Å². The maximum absolute atomic E-state index is 13.6. The Kier molecular flexibility index (Phi) is 4.73. The predicted octanol–water partition coefficient (Wildman–Crippen LogP) is 2.84. The number of pyridine rings is 1. The fourth-order valence-electron chi connectivity index (χ4n) is 4.90. The standard InChI is InChI=1S/C22H27N3O3/c1-3-10-24-11-4-8-22(21(24)28)9-5-12-25(22)20(27)17-14-19(26)23-18-7-6-15(2)13-16(17)18/h6-7,13-14H,3-5,8-12H2,1-2H3,(H,23,26). The molecule has 1 unspecified atom stereocenters. The van der Waals surface area contributed by atoms with Crippen molar-refractivity contribution in [3.63, 3.8) is 0 Å². The molecule has 2 aliphatic rings. The number of aryl methyl sites for hydroxylation is 1. The van der Waals surface area contributed by atoms with E-state index in [0.29, 0.717) is 30.5 Å². The van der Waals surface area contributed by atoms with Gasteiger partial charge in [0.05, 0.1) is 5.56 Å². The summed E-state index contributed by atoms with van der Waals surface area (Å²) in [6.07, 6.45) is 4.05. The molecule has 4 rings (SSSR count). The summed E-state index contributed by atoms with van der Waals surface area (Å²) in [6, 6.07) is 7.05. The summed E-state index contributed by atoms with van der Waals surface area (Å²) in [6.45, 7) is 6.09. The summed E-state index contributed by atoms with van der Waals surface area (Å²) in [5, 5.41) is 0.736. The molecule has 1 atom stereocenters. The molecule has 2 aliphatic heterocycles. The molecule has 0 radical (unpaired) electrons. The summed E-state index contributed by atoms with van der Waals surface area (Å²) in [5.74, 6) is -0.123. The number of aromatic nitrogens is 1. The van der Waals surface area contributed by atoms with Crippen molar-refractivity contribution in [1.29, 1.82) is 0 Å². The third kappa shape index (κ3) is 2.91. The quantitative estimate of drug-likeness (QED) is 0.888. The molecule has 148 valence electrons. The number of nitrogens with zero attached hydrogens (tertiary/aromatic N) is 2. The molecule has 1 aromatic heterocycles. The Balaban J connectivity index is 1.78. The lowest BCUT2D eigenvalue weighted by Gasteiger charge is -2.44. The Bertz CT molecular complexity index is 994. The van der Waals surface area contributed by atoms with Crippen molar-refractivity contribution >= 4 is 22.7 Å². The molecule has 1 spiro atoms. The number of rotatable bonds is 3. The summed E-state index contributed by atoms with van der Waals surface area (Å²) in [5.41, 5.74) is 1.02. The van der Waals surface area contributed by atoms with Gasteiger partial charge in [0.25, 0.3) is 5.91 Å². The first-order valence-corrected chi connectivity index (χ1v) is 10.2. The Labute approximate surface area is 164 Å². The molecule has 6 heteroatoms. The number of hydrogen-bond donors (Lipinski definition) is 1. The van der Waals surface area contributed by atoms with Crippen LogP contribution in [0.25, 0.3) is 10.9 Å². The first kappa shape index (κ1) is 18.7. The van der Waals surface area contributed by atoms with Crippen molar-refractivity contribution < 1.29 is 9.59 Å². The lowest BCUT2D eigenvalue weighted by atomic mass is 9.84. The van der Waals surface area contributed by atoms with E-state index < -0.39 is 5.54 Å². The summed E-state index contributed by atoms with van der Waals surface area (Å²) < 4.78 is 0. The second-order valence-corrected chi connectivity index (χ2v) is 8.08. The topological polar surface area (TPSA) is 73.5 Å². The molecule has 0 saturated carbocycles. The first-order valence-electron chi connectivity index (χ1n) is 10.2. The van der Waals surface area contributed by atoms with Crippen molar-refractivity contribution in [3.05, 3.63) is 45.7 Å². The van der Waals surface area contributed by atoms with Crippen LogP contribution < -0.4 is 5.56 Å². The van der Waals surface area contributed by atoms with E-state index in [1.54, 1.807) is 4.90 Å². The molecule has 0 bridgehead atoms. The number of nitrogens with one attached hydrogen (secondary N) is 1. The van der Waals surface area contributed by atoms with Crippen LogP contribution in [0.3, 0.4) is 0 Å². The number of aromatic amines is 1. The van der Waals surface area contributed by atoms with Gasteiger partial charge in [0, 0.05) is 36.6 Å². The monoisotopic (exact) mass is 381 g/mol. The second-order valence-electron chi connectivity index (χ2n) is 8.08. The van der Waals surface area contributed by atoms with E-state index in [9.17, 15) is 14.4 Å². The van der Waals surface area contributed by atoms with E-state index in [4.69, 9.17) is 0 Å². The van der Waals surface area contributed by atoms with Gasteiger partial charge in [0.2, 0.25) is 11.5 Å². The Morgan fingerprint density at radius 3 is 2.64 bits per heavy atom. The number of hydrogen-bond acceptors (Lipinski definition) is 3. The van der Waals surface area contributed by atoms with Crippen LogP contribution in [-0.4, -0.2) is 51.8 Å². The van der Waals surface area contributed by atoms with Crippen molar-refractivity contribution in [3.8, 4) is 0 Å². The summed E-state index contributed by atoms with van der Waals surface area (Å²) in [7, 11) is 0. The predicted molar refractivity (Wildman–Crippen MR) is 108 cm³/mol.